The summed E-state index contributed by atoms with van der Waals surface area (Å²) in [5.41, 5.74) is 1.17. The number of carboxylic acids is 1. The monoisotopic (exact) mass is 585 g/mol. The van der Waals surface area contributed by atoms with Gasteiger partial charge in [-0.25, -0.2) is 0 Å². The number of aliphatic hydroxyl groups is 1. The molecule has 0 bridgehead atoms. The first-order valence-corrected chi connectivity index (χ1v) is 15.0. The Kier molecular flexibility index (Phi) is 12.2. The highest BCUT2D eigenvalue weighted by atomic mass is 16.5. The van der Waals surface area contributed by atoms with Gasteiger partial charge in [0.2, 0.25) is 5.91 Å². The van der Waals surface area contributed by atoms with Gasteiger partial charge in [-0.1, -0.05) is 30.3 Å². The van der Waals surface area contributed by atoms with Crippen molar-refractivity contribution in [2.24, 2.45) is 5.41 Å². The van der Waals surface area contributed by atoms with Crippen LogP contribution in [-0.2, 0) is 19.1 Å². The van der Waals surface area contributed by atoms with Crippen LogP contribution in [0.3, 0.4) is 0 Å². The third kappa shape index (κ3) is 8.02. The molecule has 1 aliphatic carbocycles. The summed E-state index contributed by atoms with van der Waals surface area (Å²) < 4.78 is 23.5. The SMILES string of the molecule is CCOc1cc([C@@H](C)N(CCO[C@@H](C)c2ccccc2)C(=O)CC2(C(=O)O)CC(OCC)C2)cc(OCC)c1C(C)O. The molecule has 2 aromatic carbocycles. The van der Waals surface area contributed by atoms with Crippen molar-refractivity contribution >= 4 is 11.9 Å². The Morgan fingerprint density at radius 1 is 0.952 bits per heavy atom. The molecule has 9 nitrogen and oxygen atoms in total. The van der Waals surface area contributed by atoms with Crippen LogP contribution in [0.2, 0.25) is 0 Å². The molecule has 1 saturated carbocycles. The predicted octanol–water partition coefficient (Wildman–Crippen LogP) is 5.86. The van der Waals surface area contributed by atoms with Crippen LogP contribution in [0.5, 0.6) is 11.5 Å². The number of hydrogen-bond acceptors (Lipinski definition) is 7. The molecule has 0 radical (unpaired) electrons. The minimum atomic E-state index is -1.16. The van der Waals surface area contributed by atoms with Crippen molar-refractivity contribution in [2.45, 2.75) is 85.2 Å². The average Bonchev–Trinajstić information content (AvgIpc) is 2.93. The van der Waals surface area contributed by atoms with E-state index in [0.717, 1.165) is 11.1 Å². The van der Waals surface area contributed by atoms with E-state index >= 15 is 0 Å². The minimum Gasteiger partial charge on any atom is -0.493 e. The fourth-order valence-electron chi connectivity index (χ4n) is 5.64. The maximum absolute atomic E-state index is 13.9. The molecular weight excluding hydrogens is 538 g/mol. The van der Waals surface area contributed by atoms with E-state index in [2.05, 4.69) is 0 Å². The van der Waals surface area contributed by atoms with Gasteiger partial charge in [-0.15, -0.1) is 0 Å². The molecule has 0 aliphatic heterocycles. The van der Waals surface area contributed by atoms with Gasteiger partial charge in [-0.05, 0) is 77.6 Å². The Morgan fingerprint density at radius 2 is 1.55 bits per heavy atom. The smallest absolute Gasteiger partial charge is 0.310 e. The number of carbonyl (C=O) groups excluding carboxylic acids is 1. The number of ether oxygens (including phenoxy) is 4. The number of carbonyl (C=O) groups is 2. The largest absolute Gasteiger partial charge is 0.493 e. The van der Waals surface area contributed by atoms with Crippen LogP contribution in [-0.4, -0.2) is 66.1 Å². The quantitative estimate of drug-likeness (QED) is 0.237. The van der Waals surface area contributed by atoms with Gasteiger partial charge in [-0.2, -0.15) is 0 Å². The standard InChI is InChI=1S/C33H47NO8/c1-7-39-27-19-33(20-27,32(37)38)21-30(36)34(15-16-42-24(6)25-13-11-10-12-14-25)22(4)26-17-28(40-8-2)31(23(5)35)29(18-26)41-9-3/h10-14,17-18,22-24,27,35H,7-9,15-16,19-21H2,1-6H3,(H,37,38)/t22-,23?,24+,27?,33?/m1/s1. The van der Waals surface area contributed by atoms with Crippen molar-refractivity contribution in [3.05, 3.63) is 59.2 Å². The van der Waals surface area contributed by atoms with E-state index in [9.17, 15) is 19.8 Å². The average molecular weight is 586 g/mol. The van der Waals surface area contributed by atoms with Crippen LogP contribution in [0, 0.1) is 5.41 Å². The summed E-state index contributed by atoms with van der Waals surface area (Å²) in [5, 5.41) is 20.6. The molecule has 0 spiro atoms. The summed E-state index contributed by atoms with van der Waals surface area (Å²) in [6.07, 6.45) is -0.685. The molecule has 42 heavy (non-hydrogen) atoms. The first-order chi connectivity index (χ1) is 20.1. The molecular formula is C33H47NO8. The van der Waals surface area contributed by atoms with Gasteiger partial charge in [0.15, 0.2) is 0 Å². The number of amides is 1. The zero-order valence-electron chi connectivity index (χ0n) is 25.8. The van der Waals surface area contributed by atoms with E-state index < -0.39 is 23.5 Å². The third-order valence-corrected chi connectivity index (χ3v) is 7.97. The number of hydrogen-bond donors (Lipinski definition) is 2. The van der Waals surface area contributed by atoms with Crippen molar-refractivity contribution in [1.29, 1.82) is 0 Å². The van der Waals surface area contributed by atoms with E-state index in [1.165, 1.54) is 0 Å². The Labute approximate surface area is 249 Å². The van der Waals surface area contributed by atoms with Gasteiger partial charge in [0, 0.05) is 19.6 Å². The van der Waals surface area contributed by atoms with Crippen LogP contribution in [0.25, 0.3) is 0 Å². The summed E-state index contributed by atoms with van der Waals surface area (Å²) in [6.45, 7) is 12.9. The Bertz CT molecular complexity index is 1130. The molecule has 2 aromatic rings. The summed E-state index contributed by atoms with van der Waals surface area (Å²) in [6, 6.07) is 13.0. The summed E-state index contributed by atoms with van der Waals surface area (Å²) in [4.78, 5) is 28.0. The molecule has 3 rings (SSSR count). The van der Waals surface area contributed by atoms with Gasteiger partial charge in [-0.3, -0.25) is 9.59 Å². The Morgan fingerprint density at radius 3 is 2.05 bits per heavy atom. The van der Waals surface area contributed by atoms with E-state index in [-0.39, 0.29) is 37.7 Å². The lowest BCUT2D eigenvalue weighted by molar-refractivity contribution is -0.172. The topological polar surface area (TPSA) is 115 Å². The Hall–Kier alpha value is -3.14. The number of aliphatic hydroxyl groups excluding tert-OH is 1. The first-order valence-electron chi connectivity index (χ1n) is 15.0. The molecule has 2 N–H and O–H groups in total. The molecule has 232 valence electrons. The fraction of sp³-hybridized carbons (Fsp3) is 0.576. The molecule has 1 aliphatic rings. The van der Waals surface area contributed by atoms with Gasteiger partial charge < -0.3 is 34.1 Å². The summed E-state index contributed by atoms with van der Waals surface area (Å²) in [7, 11) is 0. The first kappa shape index (κ1) is 33.4. The maximum Gasteiger partial charge on any atom is 0.310 e. The zero-order valence-corrected chi connectivity index (χ0v) is 25.8. The number of benzene rings is 2. The van der Waals surface area contributed by atoms with Crippen LogP contribution in [0.4, 0.5) is 0 Å². The maximum atomic E-state index is 13.9. The summed E-state index contributed by atoms with van der Waals surface area (Å²) >= 11 is 0. The second kappa shape index (κ2) is 15.4. The highest BCUT2D eigenvalue weighted by Crippen LogP contribution is 2.47. The molecule has 1 fully saturated rings. The van der Waals surface area contributed by atoms with E-state index in [1.807, 2.05) is 77.1 Å². The van der Waals surface area contributed by atoms with Crippen molar-refractivity contribution in [2.75, 3.05) is 33.0 Å². The van der Waals surface area contributed by atoms with Crippen LogP contribution < -0.4 is 9.47 Å². The van der Waals surface area contributed by atoms with Crippen molar-refractivity contribution in [3.63, 3.8) is 0 Å². The minimum absolute atomic E-state index is 0.132. The van der Waals surface area contributed by atoms with Crippen LogP contribution in [0.15, 0.2) is 42.5 Å². The molecule has 3 atom stereocenters. The van der Waals surface area contributed by atoms with Crippen LogP contribution in [0.1, 0.15) is 95.7 Å². The van der Waals surface area contributed by atoms with Crippen LogP contribution >= 0.6 is 0 Å². The molecule has 0 heterocycles. The fourth-order valence-corrected chi connectivity index (χ4v) is 5.64. The van der Waals surface area contributed by atoms with Gasteiger partial charge >= 0.3 is 5.97 Å². The lowest BCUT2D eigenvalue weighted by Gasteiger charge is -2.44. The van der Waals surface area contributed by atoms with Crippen molar-refractivity contribution in [3.8, 4) is 11.5 Å². The molecule has 9 heteroatoms. The zero-order chi connectivity index (χ0) is 30.9. The highest BCUT2D eigenvalue weighted by molar-refractivity contribution is 5.86. The second-order valence-corrected chi connectivity index (χ2v) is 10.9. The summed E-state index contributed by atoms with van der Waals surface area (Å²) in [5.74, 6) is -0.275. The third-order valence-electron chi connectivity index (χ3n) is 7.97. The normalized spacial score (nSPS) is 20.2. The number of aliphatic carboxylic acids is 1. The highest BCUT2D eigenvalue weighted by Gasteiger charge is 2.53. The van der Waals surface area contributed by atoms with Gasteiger partial charge in [0.05, 0.1) is 55.2 Å². The van der Waals surface area contributed by atoms with E-state index in [1.54, 1.807) is 11.8 Å². The van der Waals surface area contributed by atoms with Gasteiger partial charge in [0.1, 0.15) is 11.5 Å². The van der Waals surface area contributed by atoms with Crippen molar-refractivity contribution in [1.82, 2.24) is 4.90 Å². The molecule has 0 aromatic heterocycles. The molecule has 0 saturated heterocycles. The number of nitrogens with zero attached hydrogens (tertiary/aromatic N) is 1. The van der Waals surface area contributed by atoms with E-state index in [0.29, 0.717) is 49.7 Å². The number of rotatable bonds is 17. The Balaban J connectivity index is 1.91. The number of carboxylic acid groups (broad SMARTS) is 1. The van der Waals surface area contributed by atoms with Crippen molar-refractivity contribution < 1.29 is 38.7 Å². The van der Waals surface area contributed by atoms with E-state index in [4.69, 9.17) is 18.9 Å². The molecule has 1 amide bonds. The predicted molar refractivity (Wildman–Crippen MR) is 160 cm³/mol. The lowest BCUT2D eigenvalue weighted by Crippen LogP contribution is -2.51. The second-order valence-electron chi connectivity index (χ2n) is 10.9. The van der Waals surface area contributed by atoms with Gasteiger partial charge in [0.25, 0.3) is 0 Å². The lowest BCUT2D eigenvalue weighted by atomic mass is 9.64. The molecule has 1 unspecified atom stereocenters.